The summed E-state index contributed by atoms with van der Waals surface area (Å²) in [7, 11) is -0.525. The lowest BCUT2D eigenvalue weighted by Crippen LogP contribution is -2.30. The maximum absolute atomic E-state index is 12.1. The highest BCUT2D eigenvalue weighted by atomic mass is 32.2. The van der Waals surface area contributed by atoms with Crippen molar-refractivity contribution in [1.82, 2.24) is 4.31 Å². The molecule has 0 unspecified atom stereocenters. The predicted octanol–water partition coefficient (Wildman–Crippen LogP) is 0.805. The Morgan fingerprint density at radius 3 is 2.52 bits per heavy atom. The van der Waals surface area contributed by atoms with Crippen LogP contribution in [0.2, 0.25) is 0 Å². The van der Waals surface area contributed by atoms with Gasteiger partial charge in [-0.25, -0.2) is 12.7 Å². The summed E-state index contributed by atoms with van der Waals surface area (Å²) in [5, 5.41) is 0. The van der Waals surface area contributed by atoms with Crippen LogP contribution in [0.1, 0.15) is 18.9 Å². The highest BCUT2D eigenvalue weighted by Gasteiger charge is 2.27. The van der Waals surface area contributed by atoms with Crippen LogP contribution in [0.3, 0.4) is 0 Å². The van der Waals surface area contributed by atoms with Crippen LogP contribution in [0.15, 0.2) is 23.1 Å². The molecule has 114 valence electrons. The van der Waals surface area contributed by atoms with Gasteiger partial charge in [-0.15, -0.1) is 0 Å². The second kappa shape index (κ2) is 5.57. The van der Waals surface area contributed by atoms with Crippen molar-refractivity contribution in [3.05, 3.63) is 23.8 Å². The summed E-state index contributed by atoms with van der Waals surface area (Å²) in [5.41, 5.74) is 1.51. The van der Waals surface area contributed by atoms with Gasteiger partial charge in [-0.3, -0.25) is 9.59 Å². The normalized spacial score (nSPS) is 14.4. The second-order valence-corrected chi connectivity index (χ2v) is 7.40. The molecule has 0 fully saturated rings. The molecule has 1 amide bonds. The Kier molecular flexibility index (Phi) is 4.15. The van der Waals surface area contributed by atoms with Gasteiger partial charge in [-0.05, 0) is 37.1 Å². The summed E-state index contributed by atoms with van der Waals surface area (Å²) >= 11 is 0. The van der Waals surface area contributed by atoms with Gasteiger partial charge >= 0.3 is 0 Å². The van der Waals surface area contributed by atoms with Crippen molar-refractivity contribution in [2.75, 3.05) is 25.5 Å². The third-order valence-corrected chi connectivity index (χ3v) is 5.24. The Morgan fingerprint density at radius 2 is 1.95 bits per heavy atom. The third-order valence-electron chi connectivity index (χ3n) is 3.43. The molecule has 0 aromatic heterocycles. The number of hydrogen-bond donors (Lipinski definition) is 0. The molecule has 1 aromatic rings. The minimum atomic E-state index is -3.48. The van der Waals surface area contributed by atoms with Gasteiger partial charge in [-0.2, -0.15) is 0 Å². The lowest BCUT2D eigenvalue weighted by atomic mass is 10.2. The van der Waals surface area contributed by atoms with Gasteiger partial charge in [0.1, 0.15) is 5.78 Å². The van der Waals surface area contributed by atoms with Gasteiger partial charge in [0.05, 0.1) is 11.3 Å². The van der Waals surface area contributed by atoms with E-state index >= 15 is 0 Å². The lowest BCUT2D eigenvalue weighted by molar-refractivity contribution is -0.125. The van der Waals surface area contributed by atoms with Gasteiger partial charge in [0.2, 0.25) is 15.9 Å². The maximum Gasteiger partial charge on any atom is 0.242 e. The molecule has 1 aliphatic rings. The van der Waals surface area contributed by atoms with Crippen LogP contribution in [0.5, 0.6) is 0 Å². The Morgan fingerprint density at radius 1 is 1.29 bits per heavy atom. The smallest absolute Gasteiger partial charge is 0.242 e. The molecule has 0 radical (unpaired) electrons. The highest BCUT2D eigenvalue weighted by Crippen LogP contribution is 2.31. The number of hydrogen-bond acceptors (Lipinski definition) is 4. The van der Waals surface area contributed by atoms with Crippen LogP contribution < -0.4 is 4.90 Å². The summed E-state index contributed by atoms with van der Waals surface area (Å²) in [6, 6.07) is 4.73. The van der Waals surface area contributed by atoms with E-state index in [1.165, 1.54) is 27.1 Å². The summed E-state index contributed by atoms with van der Waals surface area (Å²) in [6.07, 6.45) is 0.465. The van der Waals surface area contributed by atoms with Crippen molar-refractivity contribution < 1.29 is 18.0 Å². The minimum Gasteiger partial charge on any atom is -0.311 e. The van der Waals surface area contributed by atoms with Crippen molar-refractivity contribution in [2.45, 2.75) is 24.7 Å². The molecule has 1 aromatic carbocycles. The Balaban J connectivity index is 2.33. The molecular weight excluding hydrogens is 292 g/mol. The van der Waals surface area contributed by atoms with Crippen LogP contribution >= 0.6 is 0 Å². The second-order valence-electron chi connectivity index (χ2n) is 5.25. The average molecular weight is 310 g/mol. The molecule has 0 atom stereocenters. The van der Waals surface area contributed by atoms with Gasteiger partial charge < -0.3 is 4.90 Å². The topological polar surface area (TPSA) is 74.8 Å². The van der Waals surface area contributed by atoms with Crippen molar-refractivity contribution in [1.29, 1.82) is 0 Å². The number of ketones is 1. The number of rotatable bonds is 4. The molecule has 0 saturated carbocycles. The van der Waals surface area contributed by atoms with E-state index in [4.69, 9.17) is 0 Å². The molecule has 0 aliphatic carbocycles. The molecule has 0 N–H and O–H groups in total. The highest BCUT2D eigenvalue weighted by molar-refractivity contribution is 7.89. The van der Waals surface area contributed by atoms with E-state index in [1.807, 2.05) is 0 Å². The molecule has 0 saturated heterocycles. The van der Waals surface area contributed by atoms with E-state index < -0.39 is 10.0 Å². The van der Waals surface area contributed by atoms with Crippen LogP contribution in [0.4, 0.5) is 5.69 Å². The van der Waals surface area contributed by atoms with Crippen LogP contribution in [-0.4, -0.2) is 45.1 Å². The zero-order valence-corrected chi connectivity index (χ0v) is 13.1. The summed E-state index contributed by atoms with van der Waals surface area (Å²) in [5.74, 6) is -0.426. The van der Waals surface area contributed by atoms with E-state index in [0.717, 1.165) is 9.87 Å². The number of benzene rings is 1. The first kappa shape index (κ1) is 15.7. The Bertz CT molecular complexity index is 695. The van der Waals surface area contributed by atoms with E-state index in [-0.39, 0.29) is 23.0 Å². The zero-order valence-electron chi connectivity index (χ0n) is 12.3. The van der Waals surface area contributed by atoms with Crippen molar-refractivity contribution in [2.24, 2.45) is 0 Å². The molecular formula is C14H18N2O4S. The fourth-order valence-electron chi connectivity index (χ4n) is 2.32. The standard InChI is InChI=1S/C14H18N2O4S/c1-10(17)8-14(18)16-7-6-11-9-12(4-5-13(11)16)21(19,20)15(2)3/h4-5,9H,6-8H2,1-3H3. The quantitative estimate of drug-likeness (QED) is 0.771. The monoisotopic (exact) mass is 310 g/mol. The Hall–Kier alpha value is -1.73. The van der Waals surface area contributed by atoms with Gasteiger partial charge in [0.25, 0.3) is 0 Å². The number of nitrogens with zero attached hydrogens (tertiary/aromatic N) is 2. The SMILES string of the molecule is CC(=O)CC(=O)N1CCc2cc(S(=O)(=O)N(C)C)ccc21. The van der Waals surface area contributed by atoms with E-state index in [1.54, 1.807) is 17.0 Å². The first-order valence-corrected chi connectivity index (χ1v) is 8.02. The molecule has 1 aliphatic heterocycles. The fourth-order valence-corrected chi connectivity index (χ4v) is 3.27. The van der Waals surface area contributed by atoms with Crippen LogP contribution in [-0.2, 0) is 26.0 Å². The van der Waals surface area contributed by atoms with Crippen molar-refractivity contribution in [3.8, 4) is 0 Å². The summed E-state index contributed by atoms with van der Waals surface area (Å²) < 4.78 is 25.3. The molecule has 21 heavy (non-hydrogen) atoms. The first-order chi connectivity index (χ1) is 9.73. The molecule has 6 nitrogen and oxygen atoms in total. The van der Waals surface area contributed by atoms with Gasteiger partial charge in [0, 0.05) is 26.3 Å². The number of amides is 1. The van der Waals surface area contributed by atoms with E-state index in [0.29, 0.717) is 18.7 Å². The van der Waals surface area contributed by atoms with Crippen LogP contribution in [0, 0.1) is 0 Å². The number of sulfonamides is 1. The van der Waals surface area contributed by atoms with Crippen LogP contribution in [0.25, 0.3) is 0 Å². The predicted molar refractivity (Wildman–Crippen MR) is 78.7 cm³/mol. The van der Waals surface area contributed by atoms with E-state index in [9.17, 15) is 18.0 Å². The maximum atomic E-state index is 12.1. The average Bonchev–Trinajstić information content (AvgIpc) is 2.80. The number of Topliss-reactive ketones (excluding diaryl/α,β-unsaturated/α-hetero) is 1. The largest absolute Gasteiger partial charge is 0.311 e. The molecule has 0 spiro atoms. The summed E-state index contributed by atoms with van der Waals surface area (Å²) in [4.78, 5) is 24.8. The molecule has 7 heteroatoms. The molecule has 1 heterocycles. The van der Waals surface area contributed by atoms with E-state index in [2.05, 4.69) is 0 Å². The van der Waals surface area contributed by atoms with Crippen molar-refractivity contribution >= 4 is 27.4 Å². The third kappa shape index (κ3) is 2.98. The first-order valence-electron chi connectivity index (χ1n) is 6.58. The lowest BCUT2D eigenvalue weighted by Gasteiger charge is -2.17. The molecule has 0 bridgehead atoms. The van der Waals surface area contributed by atoms with Gasteiger partial charge in [0.15, 0.2) is 0 Å². The number of carbonyl (C=O) groups excluding carboxylic acids is 2. The number of fused-ring (bicyclic) bond motifs is 1. The van der Waals surface area contributed by atoms with Crippen molar-refractivity contribution in [3.63, 3.8) is 0 Å². The zero-order chi connectivity index (χ0) is 15.8. The Labute approximate surface area is 124 Å². The fraction of sp³-hybridized carbons (Fsp3) is 0.429. The molecule has 2 rings (SSSR count). The van der Waals surface area contributed by atoms with Gasteiger partial charge in [-0.1, -0.05) is 0 Å². The number of anilines is 1. The summed E-state index contributed by atoms with van der Waals surface area (Å²) in [6.45, 7) is 1.86. The minimum absolute atomic E-state index is 0.128. The number of carbonyl (C=O) groups is 2.